The molecule has 0 amide bonds. The van der Waals surface area contributed by atoms with E-state index in [1.165, 1.54) is 0 Å². The fourth-order valence-corrected chi connectivity index (χ4v) is 2.17. The summed E-state index contributed by atoms with van der Waals surface area (Å²) in [4.78, 5) is 0. The van der Waals surface area contributed by atoms with Gasteiger partial charge in [-0.1, -0.05) is 6.92 Å². The van der Waals surface area contributed by atoms with Gasteiger partial charge < -0.3 is 19.5 Å². The van der Waals surface area contributed by atoms with Crippen LogP contribution in [0.5, 0.6) is 11.5 Å². The molecule has 0 fully saturated rings. The standard InChI is InChI=1S/C16H27NO3/c1-7-8-17-15(16(2,3)20-6)12-9-13(18-4)11-14(10-12)19-5/h9-11,15,17H,7-8H2,1-6H3. The van der Waals surface area contributed by atoms with Gasteiger partial charge in [0.2, 0.25) is 0 Å². The van der Waals surface area contributed by atoms with Crippen molar-refractivity contribution in [2.75, 3.05) is 27.9 Å². The van der Waals surface area contributed by atoms with Crippen LogP contribution in [0.15, 0.2) is 18.2 Å². The van der Waals surface area contributed by atoms with Gasteiger partial charge in [-0.05, 0) is 44.5 Å². The Morgan fingerprint density at radius 3 is 2.00 bits per heavy atom. The SMILES string of the molecule is CCCNC(c1cc(OC)cc(OC)c1)C(C)(C)OC. The summed E-state index contributed by atoms with van der Waals surface area (Å²) in [6, 6.07) is 5.99. The highest BCUT2D eigenvalue weighted by Crippen LogP contribution is 2.33. The number of nitrogens with one attached hydrogen (secondary N) is 1. The van der Waals surface area contributed by atoms with E-state index < -0.39 is 0 Å². The molecule has 1 atom stereocenters. The average Bonchev–Trinajstić information content (AvgIpc) is 2.46. The number of hydrogen-bond donors (Lipinski definition) is 1. The van der Waals surface area contributed by atoms with Gasteiger partial charge in [0.15, 0.2) is 0 Å². The molecule has 1 aromatic rings. The predicted molar refractivity (Wildman–Crippen MR) is 81.7 cm³/mol. The van der Waals surface area contributed by atoms with Crippen LogP contribution < -0.4 is 14.8 Å². The van der Waals surface area contributed by atoms with E-state index in [9.17, 15) is 0 Å². The second-order valence-electron chi connectivity index (χ2n) is 5.34. The summed E-state index contributed by atoms with van der Waals surface area (Å²) >= 11 is 0. The van der Waals surface area contributed by atoms with Gasteiger partial charge in [-0.15, -0.1) is 0 Å². The number of rotatable bonds is 8. The molecule has 4 heteroatoms. The van der Waals surface area contributed by atoms with Gasteiger partial charge in [0.1, 0.15) is 11.5 Å². The molecule has 4 nitrogen and oxygen atoms in total. The average molecular weight is 281 g/mol. The van der Waals surface area contributed by atoms with E-state index in [0.29, 0.717) is 0 Å². The minimum absolute atomic E-state index is 0.0662. The molecule has 0 aromatic heterocycles. The highest BCUT2D eigenvalue weighted by Gasteiger charge is 2.30. The van der Waals surface area contributed by atoms with Crippen molar-refractivity contribution in [2.45, 2.75) is 38.8 Å². The van der Waals surface area contributed by atoms with Gasteiger partial charge in [0.25, 0.3) is 0 Å². The lowest BCUT2D eigenvalue weighted by Gasteiger charge is -2.34. The zero-order valence-electron chi connectivity index (χ0n) is 13.4. The molecule has 0 bridgehead atoms. The van der Waals surface area contributed by atoms with Crippen molar-refractivity contribution < 1.29 is 14.2 Å². The molecule has 114 valence electrons. The molecular formula is C16H27NO3. The highest BCUT2D eigenvalue weighted by molar-refractivity contribution is 5.40. The maximum absolute atomic E-state index is 5.65. The summed E-state index contributed by atoms with van der Waals surface area (Å²) in [5.74, 6) is 1.57. The van der Waals surface area contributed by atoms with Crippen molar-refractivity contribution >= 4 is 0 Å². The van der Waals surface area contributed by atoms with Gasteiger partial charge in [-0.25, -0.2) is 0 Å². The fourth-order valence-electron chi connectivity index (χ4n) is 2.17. The Morgan fingerprint density at radius 1 is 1.05 bits per heavy atom. The molecule has 1 unspecified atom stereocenters. The highest BCUT2D eigenvalue weighted by atomic mass is 16.5. The predicted octanol–water partition coefficient (Wildman–Crippen LogP) is 3.17. The minimum atomic E-state index is -0.327. The van der Waals surface area contributed by atoms with Crippen molar-refractivity contribution in [3.63, 3.8) is 0 Å². The van der Waals surface area contributed by atoms with E-state index in [4.69, 9.17) is 14.2 Å². The molecule has 1 aromatic carbocycles. The molecule has 0 saturated heterocycles. The first-order chi connectivity index (χ1) is 9.48. The summed E-state index contributed by atoms with van der Waals surface area (Å²) in [6.07, 6.45) is 1.07. The van der Waals surface area contributed by atoms with Crippen molar-refractivity contribution in [2.24, 2.45) is 0 Å². The maximum atomic E-state index is 5.65. The molecule has 0 aliphatic heterocycles. The fraction of sp³-hybridized carbons (Fsp3) is 0.625. The summed E-state index contributed by atoms with van der Waals surface area (Å²) in [5, 5.41) is 3.54. The topological polar surface area (TPSA) is 39.7 Å². The van der Waals surface area contributed by atoms with E-state index in [0.717, 1.165) is 30.0 Å². The Labute approximate surface area is 122 Å². The number of benzene rings is 1. The van der Waals surface area contributed by atoms with Crippen molar-refractivity contribution in [3.05, 3.63) is 23.8 Å². The van der Waals surface area contributed by atoms with Crippen LogP contribution in [0.3, 0.4) is 0 Å². The molecule has 1 rings (SSSR count). The summed E-state index contributed by atoms with van der Waals surface area (Å²) < 4.78 is 16.4. The lowest BCUT2D eigenvalue weighted by atomic mass is 9.91. The zero-order chi connectivity index (χ0) is 15.2. The van der Waals surface area contributed by atoms with Crippen LogP contribution in [-0.2, 0) is 4.74 Å². The van der Waals surface area contributed by atoms with E-state index in [2.05, 4.69) is 26.1 Å². The Hall–Kier alpha value is -1.26. The van der Waals surface area contributed by atoms with Crippen molar-refractivity contribution in [3.8, 4) is 11.5 Å². The van der Waals surface area contributed by atoms with E-state index >= 15 is 0 Å². The third kappa shape index (κ3) is 4.12. The smallest absolute Gasteiger partial charge is 0.122 e. The molecule has 0 heterocycles. The monoisotopic (exact) mass is 281 g/mol. The maximum Gasteiger partial charge on any atom is 0.122 e. The molecule has 0 aliphatic carbocycles. The van der Waals surface area contributed by atoms with Crippen LogP contribution in [0.1, 0.15) is 38.8 Å². The lowest BCUT2D eigenvalue weighted by Crippen LogP contribution is -2.41. The first-order valence-corrected chi connectivity index (χ1v) is 7.00. The van der Waals surface area contributed by atoms with E-state index in [1.54, 1.807) is 21.3 Å². The normalized spacial score (nSPS) is 13.1. The zero-order valence-corrected chi connectivity index (χ0v) is 13.4. The van der Waals surface area contributed by atoms with Gasteiger partial charge in [-0.2, -0.15) is 0 Å². The summed E-state index contributed by atoms with van der Waals surface area (Å²) in [7, 11) is 5.06. The number of methoxy groups -OCH3 is 3. The lowest BCUT2D eigenvalue weighted by molar-refractivity contribution is -0.0111. The Bertz CT molecular complexity index is 396. The largest absolute Gasteiger partial charge is 0.497 e. The van der Waals surface area contributed by atoms with Gasteiger partial charge >= 0.3 is 0 Å². The first kappa shape index (κ1) is 16.8. The van der Waals surface area contributed by atoms with Crippen LogP contribution in [0, 0.1) is 0 Å². The van der Waals surface area contributed by atoms with Gasteiger partial charge in [-0.3, -0.25) is 0 Å². The van der Waals surface area contributed by atoms with Gasteiger partial charge in [0.05, 0.1) is 25.9 Å². The van der Waals surface area contributed by atoms with E-state index in [1.807, 2.05) is 18.2 Å². The Balaban J connectivity index is 3.18. The Morgan fingerprint density at radius 2 is 1.60 bits per heavy atom. The third-order valence-electron chi connectivity index (χ3n) is 3.53. The second kappa shape index (κ2) is 7.50. The molecule has 0 aliphatic rings. The van der Waals surface area contributed by atoms with Crippen LogP contribution in [0.25, 0.3) is 0 Å². The van der Waals surface area contributed by atoms with Crippen LogP contribution >= 0.6 is 0 Å². The van der Waals surface area contributed by atoms with Gasteiger partial charge in [0, 0.05) is 13.2 Å². The second-order valence-corrected chi connectivity index (χ2v) is 5.34. The van der Waals surface area contributed by atoms with Crippen LogP contribution in [-0.4, -0.2) is 33.5 Å². The molecule has 0 spiro atoms. The summed E-state index contributed by atoms with van der Waals surface area (Å²) in [5.41, 5.74) is 0.772. The van der Waals surface area contributed by atoms with Crippen LogP contribution in [0.2, 0.25) is 0 Å². The van der Waals surface area contributed by atoms with Crippen molar-refractivity contribution in [1.82, 2.24) is 5.32 Å². The molecule has 1 N–H and O–H groups in total. The molecule has 0 radical (unpaired) electrons. The first-order valence-electron chi connectivity index (χ1n) is 7.00. The molecule has 0 saturated carbocycles. The summed E-state index contributed by atoms with van der Waals surface area (Å²) in [6.45, 7) is 7.23. The third-order valence-corrected chi connectivity index (χ3v) is 3.53. The van der Waals surface area contributed by atoms with Crippen LogP contribution in [0.4, 0.5) is 0 Å². The minimum Gasteiger partial charge on any atom is -0.497 e. The molecular weight excluding hydrogens is 254 g/mol. The quantitative estimate of drug-likeness (QED) is 0.794. The Kier molecular flexibility index (Phi) is 6.30. The number of hydrogen-bond acceptors (Lipinski definition) is 4. The number of ether oxygens (including phenoxy) is 3. The molecule has 20 heavy (non-hydrogen) atoms. The van der Waals surface area contributed by atoms with Crippen molar-refractivity contribution in [1.29, 1.82) is 0 Å². The van der Waals surface area contributed by atoms with E-state index in [-0.39, 0.29) is 11.6 Å².